The summed E-state index contributed by atoms with van der Waals surface area (Å²) in [5, 5.41) is 6.89. The van der Waals surface area contributed by atoms with Gasteiger partial charge in [-0.3, -0.25) is 4.79 Å². The van der Waals surface area contributed by atoms with Gasteiger partial charge in [-0.05, 0) is 56.9 Å². The summed E-state index contributed by atoms with van der Waals surface area (Å²) >= 11 is 0. The number of guanidine groups is 1. The van der Waals surface area contributed by atoms with Crippen LogP contribution < -0.4 is 10.6 Å². The molecule has 2 unspecified atom stereocenters. The summed E-state index contributed by atoms with van der Waals surface area (Å²) in [4.78, 5) is 19.5. The number of aliphatic imine (C=N–C) groups is 1. The van der Waals surface area contributed by atoms with Crippen LogP contribution >= 0.6 is 24.0 Å². The van der Waals surface area contributed by atoms with Crippen LogP contribution in [0, 0.1) is 0 Å². The van der Waals surface area contributed by atoms with Crippen LogP contribution in [-0.2, 0) is 16.7 Å². The first-order chi connectivity index (χ1) is 16.0. The lowest BCUT2D eigenvalue weighted by Crippen LogP contribution is -2.48. The first kappa shape index (κ1) is 26.5. The van der Waals surface area contributed by atoms with Crippen LogP contribution in [0.2, 0.25) is 0 Å². The highest BCUT2D eigenvalue weighted by Gasteiger charge is 2.44. The maximum Gasteiger partial charge on any atom is 0.254 e. The number of hydrogen-bond donors (Lipinski definition) is 2. The molecule has 1 saturated heterocycles. The van der Waals surface area contributed by atoms with Crippen molar-refractivity contribution in [3.05, 3.63) is 71.3 Å². The smallest absolute Gasteiger partial charge is 0.254 e. The van der Waals surface area contributed by atoms with E-state index in [2.05, 4.69) is 47.9 Å². The summed E-state index contributed by atoms with van der Waals surface area (Å²) in [5.74, 6) is 0.897. The molecule has 0 radical (unpaired) electrons. The largest absolute Gasteiger partial charge is 0.372 e. The van der Waals surface area contributed by atoms with E-state index in [1.807, 2.05) is 43.0 Å². The molecule has 6 nitrogen and oxygen atoms in total. The maximum absolute atomic E-state index is 12.9. The Kier molecular flexibility index (Phi) is 9.36. The number of nitrogens with zero attached hydrogens (tertiary/aromatic N) is 2. The summed E-state index contributed by atoms with van der Waals surface area (Å²) in [6.07, 6.45) is 2.55. The Morgan fingerprint density at radius 2 is 1.68 bits per heavy atom. The number of rotatable bonds is 7. The normalized spacial score (nSPS) is 21.4. The molecule has 184 valence electrons. The molecule has 0 aromatic heterocycles. The molecular formula is C27H37IN4O2. The second-order valence-electron chi connectivity index (χ2n) is 9.36. The van der Waals surface area contributed by atoms with Crippen LogP contribution in [0.3, 0.4) is 0 Å². The first-order valence-electron chi connectivity index (χ1n) is 12.1. The summed E-state index contributed by atoms with van der Waals surface area (Å²) in [6, 6.07) is 18.6. The molecule has 2 aromatic carbocycles. The number of carbonyl (C=O) groups excluding carboxylic acids is 1. The minimum Gasteiger partial charge on any atom is -0.372 e. The van der Waals surface area contributed by atoms with Crippen molar-refractivity contribution in [2.45, 2.75) is 57.8 Å². The highest BCUT2D eigenvalue weighted by molar-refractivity contribution is 14.0. The van der Waals surface area contributed by atoms with Gasteiger partial charge < -0.3 is 20.3 Å². The fourth-order valence-electron chi connectivity index (χ4n) is 4.55. The molecule has 2 N–H and O–H groups in total. The molecule has 1 heterocycles. The Bertz CT molecular complexity index is 950. The number of halogens is 1. The Balaban J connectivity index is 0.00000324. The minimum atomic E-state index is 0. The Morgan fingerprint density at radius 3 is 2.26 bits per heavy atom. The fourth-order valence-corrected chi connectivity index (χ4v) is 4.55. The second-order valence-corrected chi connectivity index (χ2v) is 9.36. The van der Waals surface area contributed by atoms with Crippen molar-refractivity contribution in [1.29, 1.82) is 0 Å². The molecule has 0 spiro atoms. The average molecular weight is 577 g/mol. The topological polar surface area (TPSA) is 66.0 Å². The molecule has 2 fully saturated rings. The number of carbonyl (C=O) groups is 1. The monoisotopic (exact) mass is 576 g/mol. The third-order valence-electron chi connectivity index (χ3n) is 6.51. The Labute approximate surface area is 220 Å². The number of ether oxygens (including phenoxy) is 1. The van der Waals surface area contributed by atoms with Crippen molar-refractivity contribution in [3.8, 4) is 0 Å². The number of amides is 1. The molecule has 2 aliphatic rings. The zero-order valence-corrected chi connectivity index (χ0v) is 22.8. The fraction of sp³-hybridized carbons (Fsp3) is 0.481. The third-order valence-corrected chi connectivity index (χ3v) is 6.51. The second kappa shape index (κ2) is 12.0. The summed E-state index contributed by atoms with van der Waals surface area (Å²) in [6.45, 7) is 9.63. The van der Waals surface area contributed by atoms with E-state index in [-0.39, 0.29) is 47.5 Å². The molecule has 1 aliphatic heterocycles. The van der Waals surface area contributed by atoms with Gasteiger partial charge in [-0.2, -0.15) is 0 Å². The van der Waals surface area contributed by atoms with E-state index in [1.165, 1.54) is 18.4 Å². The van der Waals surface area contributed by atoms with E-state index in [0.717, 1.165) is 24.6 Å². The number of hydrogen-bond acceptors (Lipinski definition) is 3. The van der Waals surface area contributed by atoms with Gasteiger partial charge in [-0.25, -0.2) is 4.99 Å². The van der Waals surface area contributed by atoms with Crippen molar-refractivity contribution < 1.29 is 9.53 Å². The molecule has 0 bridgehead atoms. The molecule has 4 rings (SSSR count). The van der Waals surface area contributed by atoms with Crippen LogP contribution in [0.5, 0.6) is 0 Å². The lowest BCUT2D eigenvalue weighted by Gasteiger charge is -2.35. The van der Waals surface area contributed by atoms with E-state index >= 15 is 0 Å². The van der Waals surface area contributed by atoms with E-state index in [1.54, 1.807) is 0 Å². The van der Waals surface area contributed by atoms with Gasteiger partial charge in [0, 0.05) is 37.2 Å². The molecule has 7 heteroatoms. The van der Waals surface area contributed by atoms with Gasteiger partial charge in [0.25, 0.3) is 5.91 Å². The van der Waals surface area contributed by atoms with Crippen molar-refractivity contribution >= 4 is 35.8 Å². The van der Waals surface area contributed by atoms with Crippen LogP contribution in [0.25, 0.3) is 0 Å². The number of benzene rings is 2. The van der Waals surface area contributed by atoms with Crippen molar-refractivity contribution in [2.75, 3.05) is 26.2 Å². The molecular weight excluding hydrogens is 539 g/mol. The minimum absolute atomic E-state index is 0. The molecule has 1 amide bonds. The van der Waals surface area contributed by atoms with E-state index in [0.29, 0.717) is 25.2 Å². The quantitative estimate of drug-likeness (QED) is 0.293. The van der Waals surface area contributed by atoms with Gasteiger partial charge in [0.15, 0.2) is 5.96 Å². The average Bonchev–Trinajstić information content (AvgIpc) is 3.62. The summed E-state index contributed by atoms with van der Waals surface area (Å²) in [7, 11) is 0. The number of morpholine rings is 1. The number of nitrogens with one attached hydrogen (secondary N) is 2. The van der Waals surface area contributed by atoms with Crippen molar-refractivity contribution in [1.82, 2.24) is 15.5 Å². The van der Waals surface area contributed by atoms with Gasteiger partial charge in [0.1, 0.15) is 0 Å². The van der Waals surface area contributed by atoms with E-state index in [9.17, 15) is 4.79 Å². The molecule has 34 heavy (non-hydrogen) atoms. The zero-order valence-electron chi connectivity index (χ0n) is 20.4. The lowest BCUT2D eigenvalue weighted by molar-refractivity contribution is -0.0586. The predicted octanol–water partition coefficient (Wildman–Crippen LogP) is 4.34. The van der Waals surface area contributed by atoms with Crippen LogP contribution in [0.4, 0.5) is 0 Å². The van der Waals surface area contributed by atoms with E-state index < -0.39 is 0 Å². The maximum atomic E-state index is 12.9. The molecule has 2 aromatic rings. The Hall–Kier alpha value is -2.13. The van der Waals surface area contributed by atoms with Gasteiger partial charge in [0.05, 0.1) is 18.8 Å². The summed E-state index contributed by atoms with van der Waals surface area (Å²) in [5.41, 5.74) is 3.43. The molecule has 1 aliphatic carbocycles. The summed E-state index contributed by atoms with van der Waals surface area (Å²) < 4.78 is 5.74. The van der Waals surface area contributed by atoms with Gasteiger partial charge in [-0.15, -0.1) is 24.0 Å². The first-order valence-corrected chi connectivity index (χ1v) is 12.1. The lowest BCUT2D eigenvalue weighted by atomic mass is 9.96. The highest BCUT2D eigenvalue weighted by Crippen LogP contribution is 2.47. The molecule has 2 atom stereocenters. The Morgan fingerprint density at radius 1 is 1.03 bits per heavy atom. The van der Waals surface area contributed by atoms with E-state index in [4.69, 9.17) is 9.73 Å². The van der Waals surface area contributed by atoms with Gasteiger partial charge in [0.2, 0.25) is 0 Å². The van der Waals surface area contributed by atoms with Crippen LogP contribution in [-0.4, -0.2) is 55.2 Å². The van der Waals surface area contributed by atoms with Crippen LogP contribution in [0.15, 0.2) is 59.6 Å². The van der Waals surface area contributed by atoms with Crippen LogP contribution in [0.1, 0.15) is 55.1 Å². The van der Waals surface area contributed by atoms with Gasteiger partial charge >= 0.3 is 0 Å². The predicted molar refractivity (Wildman–Crippen MR) is 148 cm³/mol. The van der Waals surface area contributed by atoms with Crippen molar-refractivity contribution in [2.24, 2.45) is 4.99 Å². The standard InChI is InChI=1S/C27H36N4O2.HI/c1-4-28-26(30-19-27(14-15-27)24-8-6-5-7-9-24)29-16-22-10-12-23(13-11-22)25(32)31-17-20(2)33-21(3)18-31;/h5-13,20-21H,4,14-19H2,1-3H3,(H2,28,29,30);1H. The molecule has 1 saturated carbocycles. The highest BCUT2D eigenvalue weighted by atomic mass is 127. The zero-order chi connectivity index (χ0) is 23.3. The van der Waals surface area contributed by atoms with Gasteiger partial charge in [-0.1, -0.05) is 42.5 Å². The SMILES string of the molecule is CCNC(=NCc1ccc(C(=O)N2CC(C)OC(C)C2)cc1)NCC1(c2ccccc2)CC1.I. The third kappa shape index (κ3) is 6.72. The van der Waals surface area contributed by atoms with Crippen molar-refractivity contribution in [3.63, 3.8) is 0 Å².